The first-order valence-corrected chi connectivity index (χ1v) is 5.07. The van der Waals surface area contributed by atoms with Gasteiger partial charge in [-0.3, -0.25) is 4.79 Å². The maximum Gasteiger partial charge on any atom is 0.325 e. The van der Waals surface area contributed by atoms with Gasteiger partial charge in [0.1, 0.15) is 0 Å². The van der Waals surface area contributed by atoms with E-state index >= 15 is 0 Å². The second kappa shape index (κ2) is 5.61. The lowest BCUT2D eigenvalue weighted by atomic mass is 10.1. The fourth-order valence-electron chi connectivity index (χ4n) is 1.37. The SMILES string of the molecule is CC(C#N)CCC(=O)ON1CCCC1. The summed E-state index contributed by atoms with van der Waals surface area (Å²) in [5.74, 6) is -0.282. The molecule has 0 aromatic rings. The summed E-state index contributed by atoms with van der Waals surface area (Å²) in [7, 11) is 0. The molecule has 1 unspecified atom stereocenters. The van der Waals surface area contributed by atoms with Gasteiger partial charge in [-0.25, -0.2) is 0 Å². The Morgan fingerprint density at radius 2 is 2.21 bits per heavy atom. The second-order valence-corrected chi connectivity index (χ2v) is 3.67. The highest BCUT2D eigenvalue weighted by atomic mass is 16.7. The number of hydrogen-bond acceptors (Lipinski definition) is 4. The van der Waals surface area contributed by atoms with Crippen LogP contribution in [0.15, 0.2) is 0 Å². The van der Waals surface area contributed by atoms with Crippen LogP contribution in [-0.4, -0.2) is 24.1 Å². The quantitative estimate of drug-likeness (QED) is 0.683. The summed E-state index contributed by atoms with van der Waals surface area (Å²) in [4.78, 5) is 16.3. The Hall–Kier alpha value is -1.08. The fraction of sp³-hybridized carbons (Fsp3) is 0.800. The lowest BCUT2D eigenvalue weighted by molar-refractivity contribution is -0.185. The molecule has 0 amide bonds. The first-order valence-electron chi connectivity index (χ1n) is 5.07. The third-order valence-corrected chi connectivity index (χ3v) is 2.30. The average Bonchev–Trinajstić information content (AvgIpc) is 2.66. The fourth-order valence-corrected chi connectivity index (χ4v) is 1.37. The first-order chi connectivity index (χ1) is 6.72. The van der Waals surface area contributed by atoms with Crippen molar-refractivity contribution < 1.29 is 9.63 Å². The normalized spacial score (nSPS) is 18.9. The van der Waals surface area contributed by atoms with Crippen molar-refractivity contribution in [1.29, 1.82) is 5.26 Å². The van der Waals surface area contributed by atoms with Crippen molar-refractivity contribution in [1.82, 2.24) is 5.06 Å². The van der Waals surface area contributed by atoms with Crippen molar-refractivity contribution in [3.63, 3.8) is 0 Å². The van der Waals surface area contributed by atoms with Gasteiger partial charge >= 0.3 is 5.97 Å². The maximum atomic E-state index is 11.2. The van der Waals surface area contributed by atoms with Crippen molar-refractivity contribution >= 4 is 5.97 Å². The van der Waals surface area contributed by atoms with Crippen molar-refractivity contribution in [3.05, 3.63) is 0 Å². The van der Waals surface area contributed by atoms with E-state index in [9.17, 15) is 4.79 Å². The lowest BCUT2D eigenvalue weighted by Gasteiger charge is -2.14. The molecule has 0 aromatic carbocycles. The largest absolute Gasteiger partial charge is 0.368 e. The molecule has 1 heterocycles. The van der Waals surface area contributed by atoms with Crippen LogP contribution in [0.3, 0.4) is 0 Å². The van der Waals surface area contributed by atoms with E-state index in [0.29, 0.717) is 12.8 Å². The van der Waals surface area contributed by atoms with Gasteiger partial charge in [0.15, 0.2) is 0 Å². The van der Waals surface area contributed by atoms with Crippen LogP contribution >= 0.6 is 0 Å². The molecule has 1 rings (SSSR count). The van der Waals surface area contributed by atoms with Crippen LogP contribution in [0.25, 0.3) is 0 Å². The van der Waals surface area contributed by atoms with Gasteiger partial charge < -0.3 is 4.84 Å². The molecule has 1 atom stereocenters. The lowest BCUT2D eigenvalue weighted by Crippen LogP contribution is -2.24. The zero-order valence-corrected chi connectivity index (χ0v) is 8.53. The minimum absolute atomic E-state index is 0.0684. The molecule has 1 fully saturated rings. The zero-order chi connectivity index (χ0) is 10.4. The Balaban J connectivity index is 2.12. The Kier molecular flexibility index (Phi) is 4.41. The van der Waals surface area contributed by atoms with E-state index in [-0.39, 0.29) is 11.9 Å². The van der Waals surface area contributed by atoms with Crippen LogP contribution < -0.4 is 0 Å². The topological polar surface area (TPSA) is 53.3 Å². The molecule has 78 valence electrons. The maximum absolute atomic E-state index is 11.2. The summed E-state index contributed by atoms with van der Waals surface area (Å²) in [6.07, 6.45) is 3.12. The molecule has 0 saturated carbocycles. The molecular formula is C10H16N2O2. The number of rotatable bonds is 4. The van der Waals surface area contributed by atoms with Crippen LogP contribution in [0.5, 0.6) is 0 Å². The minimum Gasteiger partial charge on any atom is -0.368 e. The third kappa shape index (κ3) is 3.75. The molecule has 0 aromatic heterocycles. The van der Waals surface area contributed by atoms with Gasteiger partial charge in [-0.15, -0.1) is 5.06 Å². The van der Waals surface area contributed by atoms with E-state index < -0.39 is 0 Å². The number of nitriles is 1. The molecule has 4 nitrogen and oxygen atoms in total. The van der Waals surface area contributed by atoms with Gasteiger partial charge in [0.05, 0.1) is 6.07 Å². The van der Waals surface area contributed by atoms with Crippen LogP contribution in [-0.2, 0) is 9.63 Å². The standard InChI is InChI=1S/C10H16N2O2/c1-9(8-11)4-5-10(13)14-12-6-2-3-7-12/h9H,2-7H2,1H3. The van der Waals surface area contributed by atoms with Gasteiger partial charge in [0, 0.05) is 25.4 Å². The predicted octanol–water partition coefficient (Wildman–Crippen LogP) is 1.48. The van der Waals surface area contributed by atoms with Crippen molar-refractivity contribution in [3.8, 4) is 6.07 Å². The van der Waals surface area contributed by atoms with Crippen LogP contribution in [0, 0.1) is 17.2 Å². The van der Waals surface area contributed by atoms with Crippen LogP contribution in [0.1, 0.15) is 32.6 Å². The molecule has 0 radical (unpaired) electrons. The summed E-state index contributed by atoms with van der Waals surface area (Å²) in [6, 6.07) is 2.09. The smallest absolute Gasteiger partial charge is 0.325 e. The second-order valence-electron chi connectivity index (χ2n) is 3.67. The zero-order valence-electron chi connectivity index (χ0n) is 8.53. The van der Waals surface area contributed by atoms with Gasteiger partial charge in [-0.1, -0.05) is 0 Å². The highest BCUT2D eigenvalue weighted by molar-refractivity contribution is 5.69. The average molecular weight is 196 g/mol. The molecule has 0 N–H and O–H groups in total. The third-order valence-electron chi connectivity index (χ3n) is 2.30. The Morgan fingerprint density at radius 3 is 2.79 bits per heavy atom. The molecule has 0 aliphatic carbocycles. The van der Waals surface area contributed by atoms with E-state index in [4.69, 9.17) is 10.1 Å². The molecule has 1 aliphatic rings. The highest BCUT2D eigenvalue weighted by Crippen LogP contribution is 2.10. The Morgan fingerprint density at radius 1 is 1.57 bits per heavy atom. The molecule has 14 heavy (non-hydrogen) atoms. The molecular weight excluding hydrogens is 180 g/mol. The molecule has 0 spiro atoms. The van der Waals surface area contributed by atoms with Crippen LogP contribution in [0.4, 0.5) is 0 Å². The summed E-state index contributed by atoms with van der Waals surface area (Å²) in [5, 5.41) is 10.2. The number of carbonyl (C=O) groups excluding carboxylic acids is 1. The van der Waals surface area contributed by atoms with Gasteiger partial charge in [0.25, 0.3) is 0 Å². The number of hydrogen-bond donors (Lipinski definition) is 0. The molecule has 1 aliphatic heterocycles. The van der Waals surface area contributed by atoms with E-state index in [1.165, 1.54) is 0 Å². The Labute approximate surface area is 84.4 Å². The summed E-state index contributed by atoms with van der Waals surface area (Å²) >= 11 is 0. The molecule has 1 saturated heterocycles. The van der Waals surface area contributed by atoms with Crippen molar-refractivity contribution in [2.24, 2.45) is 5.92 Å². The monoisotopic (exact) mass is 196 g/mol. The van der Waals surface area contributed by atoms with Gasteiger partial charge in [-0.2, -0.15) is 5.26 Å². The van der Waals surface area contributed by atoms with Crippen molar-refractivity contribution in [2.75, 3.05) is 13.1 Å². The van der Waals surface area contributed by atoms with E-state index in [1.54, 1.807) is 5.06 Å². The summed E-state index contributed by atoms with van der Waals surface area (Å²) in [6.45, 7) is 3.50. The number of carbonyl (C=O) groups is 1. The predicted molar refractivity (Wildman–Crippen MR) is 50.9 cm³/mol. The molecule has 4 heteroatoms. The van der Waals surface area contributed by atoms with E-state index in [2.05, 4.69) is 6.07 Å². The van der Waals surface area contributed by atoms with Crippen molar-refractivity contribution in [2.45, 2.75) is 32.6 Å². The number of hydroxylamine groups is 2. The summed E-state index contributed by atoms with van der Waals surface area (Å²) < 4.78 is 0. The van der Waals surface area contributed by atoms with Gasteiger partial charge in [-0.05, 0) is 26.2 Å². The van der Waals surface area contributed by atoms with E-state index in [1.807, 2.05) is 6.92 Å². The first kappa shape index (κ1) is 11.0. The van der Waals surface area contributed by atoms with Crippen LogP contribution in [0.2, 0.25) is 0 Å². The van der Waals surface area contributed by atoms with Gasteiger partial charge in [0.2, 0.25) is 0 Å². The summed E-state index contributed by atoms with van der Waals surface area (Å²) in [5.41, 5.74) is 0. The molecule has 0 bridgehead atoms. The highest BCUT2D eigenvalue weighted by Gasteiger charge is 2.16. The number of nitrogens with zero attached hydrogens (tertiary/aromatic N) is 2. The minimum atomic E-state index is -0.214. The Bertz CT molecular complexity index is 229. The van der Waals surface area contributed by atoms with E-state index in [0.717, 1.165) is 25.9 Å².